The number of aromatic nitrogens is 4. The van der Waals surface area contributed by atoms with Gasteiger partial charge in [-0.3, -0.25) is 4.79 Å². The molecule has 0 spiro atoms. The summed E-state index contributed by atoms with van der Waals surface area (Å²) in [7, 11) is 0. The van der Waals surface area contributed by atoms with Crippen LogP contribution in [0.3, 0.4) is 0 Å². The number of carbonyl (C=O) groups is 1. The minimum atomic E-state index is -0.198. The van der Waals surface area contributed by atoms with Crippen LogP contribution < -0.4 is 5.32 Å². The molecule has 0 aliphatic rings. The number of rotatable bonds is 4. The van der Waals surface area contributed by atoms with Gasteiger partial charge in [-0.05, 0) is 37.6 Å². The van der Waals surface area contributed by atoms with Crippen LogP contribution in [0.25, 0.3) is 16.7 Å². The summed E-state index contributed by atoms with van der Waals surface area (Å²) in [5.74, 6) is 0.646. The van der Waals surface area contributed by atoms with E-state index in [9.17, 15) is 4.79 Å². The van der Waals surface area contributed by atoms with Crippen LogP contribution in [0.4, 0.5) is 0 Å². The summed E-state index contributed by atoms with van der Waals surface area (Å²) in [6.45, 7) is 5.26. The Labute approximate surface area is 145 Å². The van der Waals surface area contributed by atoms with E-state index in [4.69, 9.17) is 0 Å². The molecule has 1 aromatic carbocycles. The summed E-state index contributed by atoms with van der Waals surface area (Å²) in [5, 5.41) is 2.93. The molecule has 0 unspecified atom stereocenters. The SMILES string of the molecule is CCn1c(CNC(=O)c2cn3cc(C)ccc3n2)nc2ccccc21. The monoisotopic (exact) mass is 333 g/mol. The standard InChI is InChI=1S/C19H19N5O/c1-3-24-16-7-5-4-6-14(16)21-18(24)10-20-19(25)15-12-23-11-13(2)8-9-17(23)22-15/h4-9,11-12H,3,10H2,1-2H3,(H,20,25). The molecule has 0 aliphatic carbocycles. The highest BCUT2D eigenvalue weighted by Crippen LogP contribution is 2.16. The predicted octanol–water partition coefficient (Wildman–Crippen LogP) is 2.94. The number of imidazole rings is 2. The first kappa shape index (κ1) is 15.4. The Morgan fingerprint density at radius 1 is 1.12 bits per heavy atom. The van der Waals surface area contributed by atoms with E-state index in [1.165, 1.54) is 0 Å². The Morgan fingerprint density at radius 3 is 2.80 bits per heavy atom. The fourth-order valence-corrected chi connectivity index (χ4v) is 3.08. The Kier molecular flexibility index (Phi) is 3.72. The molecule has 0 saturated carbocycles. The zero-order valence-corrected chi connectivity index (χ0v) is 14.2. The third-order valence-corrected chi connectivity index (χ3v) is 4.29. The molecule has 0 radical (unpaired) electrons. The second-order valence-corrected chi connectivity index (χ2v) is 6.04. The van der Waals surface area contributed by atoms with E-state index >= 15 is 0 Å². The lowest BCUT2D eigenvalue weighted by atomic mass is 10.3. The summed E-state index contributed by atoms with van der Waals surface area (Å²) in [6.07, 6.45) is 3.70. The van der Waals surface area contributed by atoms with Gasteiger partial charge in [0, 0.05) is 18.9 Å². The van der Waals surface area contributed by atoms with Crippen LogP contribution in [-0.4, -0.2) is 24.8 Å². The second kappa shape index (κ2) is 6.05. The second-order valence-electron chi connectivity index (χ2n) is 6.04. The highest BCUT2D eigenvalue weighted by Gasteiger charge is 2.13. The molecule has 6 nitrogen and oxygen atoms in total. The third kappa shape index (κ3) is 2.76. The average molecular weight is 333 g/mol. The van der Waals surface area contributed by atoms with E-state index in [1.807, 2.05) is 53.9 Å². The summed E-state index contributed by atoms with van der Waals surface area (Å²) in [6, 6.07) is 11.9. The number of nitrogens with one attached hydrogen (secondary N) is 1. The van der Waals surface area contributed by atoms with Gasteiger partial charge < -0.3 is 14.3 Å². The molecule has 25 heavy (non-hydrogen) atoms. The Hall–Kier alpha value is -3.15. The zero-order chi connectivity index (χ0) is 17.4. The van der Waals surface area contributed by atoms with Gasteiger partial charge in [-0.2, -0.15) is 0 Å². The van der Waals surface area contributed by atoms with Crippen molar-refractivity contribution < 1.29 is 4.79 Å². The molecule has 3 aromatic heterocycles. The first-order valence-electron chi connectivity index (χ1n) is 8.33. The number of carbonyl (C=O) groups excluding carboxylic acids is 1. The van der Waals surface area contributed by atoms with Crippen molar-refractivity contribution in [2.75, 3.05) is 0 Å². The molecule has 1 N–H and O–H groups in total. The van der Waals surface area contributed by atoms with E-state index in [2.05, 4.69) is 26.8 Å². The van der Waals surface area contributed by atoms with Crippen LogP contribution >= 0.6 is 0 Å². The number of benzene rings is 1. The molecule has 4 rings (SSSR count). The molecule has 0 bridgehead atoms. The summed E-state index contributed by atoms with van der Waals surface area (Å²) < 4.78 is 3.98. The van der Waals surface area contributed by atoms with Crippen molar-refractivity contribution >= 4 is 22.6 Å². The number of amides is 1. The maximum atomic E-state index is 12.5. The topological polar surface area (TPSA) is 64.2 Å². The number of nitrogens with zero attached hydrogens (tertiary/aromatic N) is 4. The molecule has 0 atom stereocenters. The van der Waals surface area contributed by atoms with Crippen molar-refractivity contribution in [3.05, 3.63) is 65.9 Å². The molecular formula is C19H19N5O. The van der Waals surface area contributed by atoms with Crippen molar-refractivity contribution in [2.45, 2.75) is 26.9 Å². The highest BCUT2D eigenvalue weighted by molar-refractivity contribution is 5.92. The number of para-hydroxylation sites is 2. The molecule has 1 amide bonds. The first-order chi connectivity index (χ1) is 12.2. The zero-order valence-electron chi connectivity index (χ0n) is 14.2. The minimum Gasteiger partial charge on any atom is -0.343 e. The molecule has 3 heterocycles. The molecule has 6 heteroatoms. The number of hydrogen-bond acceptors (Lipinski definition) is 3. The maximum absolute atomic E-state index is 12.5. The van der Waals surface area contributed by atoms with Gasteiger partial charge in [0.2, 0.25) is 0 Å². The number of pyridine rings is 1. The predicted molar refractivity (Wildman–Crippen MR) is 96.5 cm³/mol. The molecule has 4 aromatic rings. The molecule has 126 valence electrons. The van der Waals surface area contributed by atoms with Crippen LogP contribution in [-0.2, 0) is 13.1 Å². The van der Waals surface area contributed by atoms with Crippen LogP contribution in [0.15, 0.2) is 48.8 Å². The average Bonchev–Trinajstić information content (AvgIpc) is 3.19. The Bertz CT molecular complexity index is 1080. The Balaban J connectivity index is 1.57. The van der Waals surface area contributed by atoms with E-state index in [-0.39, 0.29) is 5.91 Å². The molecule has 0 fully saturated rings. The fourth-order valence-electron chi connectivity index (χ4n) is 3.08. The van der Waals surface area contributed by atoms with Gasteiger partial charge in [0.25, 0.3) is 5.91 Å². The van der Waals surface area contributed by atoms with Gasteiger partial charge in [-0.15, -0.1) is 0 Å². The molecule has 0 saturated heterocycles. The van der Waals surface area contributed by atoms with Gasteiger partial charge in [-0.1, -0.05) is 18.2 Å². The molecular weight excluding hydrogens is 314 g/mol. The highest BCUT2D eigenvalue weighted by atomic mass is 16.1. The smallest absolute Gasteiger partial charge is 0.271 e. The van der Waals surface area contributed by atoms with Gasteiger partial charge in [0.05, 0.1) is 17.6 Å². The van der Waals surface area contributed by atoms with Crippen molar-refractivity contribution in [3.8, 4) is 0 Å². The van der Waals surface area contributed by atoms with Crippen molar-refractivity contribution in [1.82, 2.24) is 24.3 Å². The van der Waals surface area contributed by atoms with Crippen molar-refractivity contribution in [2.24, 2.45) is 0 Å². The number of fused-ring (bicyclic) bond motifs is 2. The maximum Gasteiger partial charge on any atom is 0.271 e. The van der Waals surface area contributed by atoms with E-state index < -0.39 is 0 Å². The van der Waals surface area contributed by atoms with Gasteiger partial charge in [0.15, 0.2) is 0 Å². The van der Waals surface area contributed by atoms with Crippen molar-refractivity contribution in [3.63, 3.8) is 0 Å². The minimum absolute atomic E-state index is 0.198. The van der Waals surface area contributed by atoms with Gasteiger partial charge in [-0.25, -0.2) is 9.97 Å². The van der Waals surface area contributed by atoms with Crippen LogP contribution in [0.5, 0.6) is 0 Å². The first-order valence-corrected chi connectivity index (χ1v) is 8.33. The number of hydrogen-bond donors (Lipinski definition) is 1. The van der Waals surface area contributed by atoms with Crippen LogP contribution in [0.2, 0.25) is 0 Å². The van der Waals surface area contributed by atoms with Gasteiger partial charge >= 0.3 is 0 Å². The van der Waals surface area contributed by atoms with E-state index in [0.717, 1.165) is 34.6 Å². The molecule has 0 aliphatic heterocycles. The van der Waals surface area contributed by atoms with Gasteiger partial charge in [0.1, 0.15) is 17.2 Å². The van der Waals surface area contributed by atoms with Crippen LogP contribution in [0.1, 0.15) is 28.8 Å². The Morgan fingerprint density at radius 2 is 1.96 bits per heavy atom. The lowest BCUT2D eigenvalue weighted by Gasteiger charge is -2.06. The van der Waals surface area contributed by atoms with E-state index in [0.29, 0.717) is 12.2 Å². The largest absolute Gasteiger partial charge is 0.343 e. The fraction of sp³-hybridized carbons (Fsp3) is 0.211. The summed E-state index contributed by atoms with van der Waals surface area (Å²) in [4.78, 5) is 21.5. The van der Waals surface area contributed by atoms with Crippen LogP contribution in [0, 0.1) is 6.92 Å². The lowest BCUT2D eigenvalue weighted by Crippen LogP contribution is -2.25. The van der Waals surface area contributed by atoms with Crippen molar-refractivity contribution in [1.29, 1.82) is 0 Å². The normalized spacial score (nSPS) is 11.3. The lowest BCUT2D eigenvalue weighted by molar-refractivity contribution is 0.0945. The summed E-state index contributed by atoms with van der Waals surface area (Å²) >= 11 is 0. The third-order valence-electron chi connectivity index (χ3n) is 4.29. The number of aryl methyl sites for hydroxylation is 2. The van der Waals surface area contributed by atoms with E-state index in [1.54, 1.807) is 6.20 Å². The quantitative estimate of drug-likeness (QED) is 0.624. The summed E-state index contributed by atoms with van der Waals surface area (Å²) in [5.41, 5.74) is 4.31.